The lowest BCUT2D eigenvalue weighted by atomic mass is 9.94. The van der Waals surface area contributed by atoms with Gasteiger partial charge in [-0.1, -0.05) is 26.8 Å². The Bertz CT molecular complexity index is 519. The van der Waals surface area contributed by atoms with Crippen molar-refractivity contribution in [2.24, 2.45) is 5.41 Å². The molecule has 1 aromatic carbocycles. The summed E-state index contributed by atoms with van der Waals surface area (Å²) in [5.41, 5.74) is -0.188. The Morgan fingerprint density at radius 1 is 1.20 bits per heavy atom. The van der Waals surface area contributed by atoms with Gasteiger partial charge < -0.3 is 20.6 Å². The van der Waals surface area contributed by atoms with E-state index in [9.17, 15) is 19.8 Å². The molecule has 1 rings (SSSR count). The molecule has 6 nitrogen and oxygen atoms in total. The molecule has 1 atom stereocenters. The largest absolute Gasteiger partial charge is 0.504 e. The summed E-state index contributed by atoms with van der Waals surface area (Å²) in [5.74, 6) is -2.13. The van der Waals surface area contributed by atoms with Crippen molar-refractivity contribution in [3.05, 3.63) is 23.8 Å². The number of phenols is 2. The summed E-state index contributed by atoms with van der Waals surface area (Å²) in [5, 5.41) is 30.2. The van der Waals surface area contributed by atoms with Crippen molar-refractivity contribution in [1.29, 1.82) is 0 Å². The molecule has 1 amide bonds. The number of phenolic OH excluding ortho intramolecular Hbond substituents is 2. The third kappa shape index (κ3) is 4.15. The zero-order chi connectivity index (χ0) is 15.5. The second-order valence-corrected chi connectivity index (χ2v) is 5.64. The topological polar surface area (TPSA) is 107 Å². The number of aromatic hydroxyl groups is 2. The Hall–Kier alpha value is -2.24. The van der Waals surface area contributed by atoms with Gasteiger partial charge >= 0.3 is 5.97 Å². The molecule has 0 saturated carbocycles. The van der Waals surface area contributed by atoms with E-state index in [2.05, 4.69) is 5.32 Å². The van der Waals surface area contributed by atoms with Crippen molar-refractivity contribution < 1.29 is 24.9 Å². The fourth-order valence-electron chi connectivity index (χ4n) is 1.51. The molecule has 20 heavy (non-hydrogen) atoms. The van der Waals surface area contributed by atoms with Gasteiger partial charge in [0.25, 0.3) is 0 Å². The maximum absolute atomic E-state index is 11.8. The van der Waals surface area contributed by atoms with Crippen LogP contribution in [0.3, 0.4) is 0 Å². The van der Waals surface area contributed by atoms with Crippen LogP contribution in [0.25, 0.3) is 0 Å². The number of aliphatic carboxylic acids is 1. The van der Waals surface area contributed by atoms with Crippen LogP contribution in [0.5, 0.6) is 11.5 Å². The molecule has 0 heterocycles. The van der Waals surface area contributed by atoms with Crippen molar-refractivity contribution >= 4 is 11.9 Å². The smallest absolute Gasteiger partial charge is 0.326 e. The Kier molecular flexibility index (Phi) is 4.60. The number of benzene rings is 1. The monoisotopic (exact) mass is 281 g/mol. The number of amides is 1. The van der Waals surface area contributed by atoms with E-state index in [1.165, 1.54) is 18.2 Å². The molecule has 0 saturated heterocycles. The number of carboxylic acids is 1. The highest BCUT2D eigenvalue weighted by Gasteiger charge is 2.27. The maximum atomic E-state index is 11.8. The van der Waals surface area contributed by atoms with Crippen LogP contribution in [0.1, 0.15) is 26.3 Å². The van der Waals surface area contributed by atoms with E-state index < -0.39 is 17.4 Å². The average molecular weight is 281 g/mol. The number of hydrogen-bond donors (Lipinski definition) is 4. The summed E-state index contributed by atoms with van der Waals surface area (Å²) >= 11 is 0. The standard InChI is InChI=1S/C14H19NO5/c1-14(2,3)13(20)15-9(12(18)19)6-8-4-5-10(16)11(17)7-8/h4-5,7,9,16-17H,6H2,1-3H3,(H,15,20)(H,18,19)/t9-/m0/s1. The van der Waals surface area contributed by atoms with Gasteiger partial charge in [-0.2, -0.15) is 0 Å². The van der Waals surface area contributed by atoms with E-state index in [1.54, 1.807) is 20.8 Å². The molecule has 0 radical (unpaired) electrons. The zero-order valence-corrected chi connectivity index (χ0v) is 11.7. The lowest BCUT2D eigenvalue weighted by Gasteiger charge is -2.22. The molecular formula is C14H19NO5. The second kappa shape index (κ2) is 5.81. The van der Waals surface area contributed by atoms with Gasteiger partial charge in [0, 0.05) is 11.8 Å². The van der Waals surface area contributed by atoms with Gasteiger partial charge in [-0.3, -0.25) is 4.79 Å². The summed E-state index contributed by atoms with van der Waals surface area (Å²) in [4.78, 5) is 23.0. The summed E-state index contributed by atoms with van der Waals surface area (Å²) in [6, 6.07) is 2.95. The summed E-state index contributed by atoms with van der Waals surface area (Å²) < 4.78 is 0. The number of carbonyl (C=O) groups is 2. The minimum absolute atomic E-state index is 0.0188. The van der Waals surface area contributed by atoms with Crippen LogP contribution in [0.15, 0.2) is 18.2 Å². The Morgan fingerprint density at radius 2 is 1.80 bits per heavy atom. The molecule has 0 aliphatic rings. The minimum Gasteiger partial charge on any atom is -0.504 e. The first-order chi connectivity index (χ1) is 9.11. The van der Waals surface area contributed by atoms with Crippen molar-refractivity contribution in [3.8, 4) is 11.5 Å². The maximum Gasteiger partial charge on any atom is 0.326 e. The molecule has 1 aromatic rings. The Labute approximate surface area is 117 Å². The molecular weight excluding hydrogens is 262 g/mol. The highest BCUT2D eigenvalue weighted by atomic mass is 16.4. The van der Waals surface area contributed by atoms with E-state index in [4.69, 9.17) is 5.11 Å². The fraction of sp³-hybridized carbons (Fsp3) is 0.429. The van der Waals surface area contributed by atoms with Crippen LogP contribution < -0.4 is 5.32 Å². The second-order valence-electron chi connectivity index (χ2n) is 5.64. The lowest BCUT2D eigenvalue weighted by molar-refractivity contribution is -0.143. The van der Waals surface area contributed by atoms with E-state index in [0.717, 1.165) is 0 Å². The van der Waals surface area contributed by atoms with Gasteiger partial charge in [0.2, 0.25) is 5.91 Å². The SMILES string of the molecule is CC(C)(C)C(=O)N[C@@H](Cc1ccc(O)c(O)c1)C(=O)O. The number of hydrogen-bond acceptors (Lipinski definition) is 4. The normalized spacial score (nSPS) is 12.8. The molecule has 0 spiro atoms. The van der Waals surface area contributed by atoms with Crippen LogP contribution in [0, 0.1) is 5.41 Å². The molecule has 0 unspecified atom stereocenters. The zero-order valence-electron chi connectivity index (χ0n) is 11.7. The quantitative estimate of drug-likeness (QED) is 0.621. The molecule has 4 N–H and O–H groups in total. The third-order valence-corrected chi connectivity index (χ3v) is 2.76. The predicted molar refractivity (Wildman–Crippen MR) is 72.5 cm³/mol. The van der Waals surface area contributed by atoms with E-state index in [1.807, 2.05) is 0 Å². The van der Waals surface area contributed by atoms with Crippen molar-refractivity contribution in [1.82, 2.24) is 5.32 Å². The number of carbonyl (C=O) groups excluding carboxylic acids is 1. The highest BCUT2D eigenvalue weighted by molar-refractivity contribution is 5.86. The number of carboxylic acid groups (broad SMARTS) is 1. The van der Waals surface area contributed by atoms with E-state index >= 15 is 0 Å². The molecule has 110 valence electrons. The predicted octanol–water partition coefficient (Wildman–Crippen LogP) is 1.26. The van der Waals surface area contributed by atoms with Gasteiger partial charge in [0.15, 0.2) is 11.5 Å². The Balaban J connectivity index is 2.85. The molecule has 6 heteroatoms. The first-order valence-corrected chi connectivity index (χ1v) is 6.16. The molecule has 0 fully saturated rings. The van der Waals surface area contributed by atoms with Gasteiger partial charge in [0.1, 0.15) is 6.04 Å². The van der Waals surface area contributed by atoms with Crippen molar-refractivity contribution in [2.75, 3.05) is 0 Å². The van der Waals surface area contributed by atoms with Crippen LogP contribution >= 0.6 is 0 Å². The van der Waals surface area contributed by atoms with Gasteiger partial charge in [0.05, 0.1) is 0 Å². The van der Waals surface area contributed by atoms with Crippen LogP contribution in [-0.2, 0) is 16.0 Å². The molecule has 0 aromatic heterocycles. The minimum atomic E-state index is -1.16. The van der Waals surface area contributed by atoms with Gasteiger partial charge in [-0.05, 0) is 17.7 Å². The molecule has 0 aliphatic carbocycles. The third-order valence-electron chi connectivity index (χ3n) is 2.76. The average Bonchev–Trinajstić information content (AvgIpc) is 2.31. The van der Waals surface area contributed by atoms with Crippen LogP contribution in [0.4, 0.5) is 0 Å². The van der Waals surface area contributed by atoms with Gasteiger partial charge in [-0.25, -0.2) is 4.79 Å². The van der Waals surface area contributed by atoms with E-state index in [-0.39, 0.29) is 23.8 Å². The molecule has 0 bridgehead atoms. The van der Waals surface area contributed by atoms with Crippen molar-refractivity contribution in [3.63, 3.8) is 0 Å². The van der Waals surface area contributed by atoms with Crippen LogP contribution in [0.2, 0.25) is 0 Å². The highest BCUT2D eigenvalue weighted by Crippen LogP contribution is 2.25. The first kappa shape index (κ1) is 15.8. The first-order valence-electron chi connectivity index (χ1n) is 6.16. The number of rotatable bonds is 4. The summed E-state index contributed by atoms with van der Waals surface area (Å²) in [6.45, 7) is 5.06. The van der Waals surface area contributed by atoms with E-state index in [0.29, 0.717) is 5.56 Å². The van der Waals surface area contributed by atoms with Crippen LogP contribution in [-0.4, -0.2) is 33.2 Å². The van der Waals surface area contributed by atoms with Gasteiger partial charge in [-0.15, -0.1) is 0 Å². The summed E-state index contributed by atoms with van der Waals surface area (Å²) in [7, 11) is 0. The Morgan fingerprint density at radius 3 is 2.25 bits per heavy atom. The summed E-state index contributed by atoms with van der Waals surface area (Å²) in [6.07, 6.45) is 0.0188. The fourth-order valence-corrected chi connectivity index (χ4v) is 1.51. The molecule has 0 aliphatic heterocycles. The lowest BCUT2D eigenvalue weighted by Crippen LogP contribution is -2.46. The van der Waals surface area contributed by atoms with Crippen molar-refractivity contribution in [2.45, 2.75) is 33.2 Å². The number of nitrogens with one attached hydrogen (secondary N) is 1.